The summed E-state index contributed by atoms with van der Waals surface area (Å²) < 4.78 is 5.43. The first-order valence-corrected chi connectivity index (χ1v) is 5.83. The van der Waals surface area contributed by atoms with Crippen LogP contribution in [0.1, 0.15) is 30.9 Å². The van der Waals surface area contributed by atoms with Gasteiger partial charge >= 0.3 is 0 Å². The van der Waals surface area contributed by atoms with Gasteiger partial charge in [-0.3, -0.25) is 4.79 Å². The molecule has 0 aliphatic carbocycles. The first-order valence-electron chi connectivity index (χ1n) is 5.45. The number of hydrogen-bond donors (Lipinski definition) is 0. The van der Waals surface area contributed by atoms with Crippen LogP contribution in [0.25, 0.3) is 0 Å². The van der Waals surface area contributed by atoms with Crippen LogP contribution in [0, 0.1) is 13.8 Å². The Balaban J connectivity index is 2.65. The number of carbonyl (C=O) groups excluding carboxylic acids is 1. The maximum atomic E-state index is 11.3. The second-order valence-electron chi connectivity index (χ2n) is 3.95. The predicted octanol–water partition coefficient (Wildman–Crippen LogP) is 3.70. The molecule has 0 heterocycles. The Hall–Kier alpha value is -1.02. The van der Waals surface area contributed by atoms with Gasteiger partial charge in [-0.25, -0.2) is 0 Å². The van der Waals surface area contributed by atoms with Gasteiger partial charge in [-0.05, 0) is 43.5 Å². The van der Waals surface area contributed by atoms with Crippen LogP contribution in [0.4, 0.5) is 0 Å². The molecule has 0 aliphatic heterocycles. The molecule has 0 unspecified atom stereocenters. The van der Waals surface area contributed by atoms with Crippen molar-refractivity contribution in [1.29, 1.82) is 0 Å². The van der Waals surface area contributed by atoms with Crippen LogP contribution >= 0.6 is 11.6 Å². The highest BCUT2D eigenvalue weighted by molar-refractivity contribution is 6.32. The van der Waals surface area contributed by atoms with Crippen LogP contribution in [-0.2, 0) is 4.79 Å². The lowest BCUT2D eigenvalue weighted by atomic mass is 10.1. The van der Waals surface area contributed by atoms with Crippen LogP contribution in [0.3, 0.4) is 0 Å². The number of ether oxygens (including phenoxy) is 1. The standard InChI is InChI=1S/C13H17ClO2/c1-4-5-11(15)8-16-12-6-9(2)13(14)10(3)7-12/h6-7H,4-5,8H2,1-3H3. The van der Waals surface area contributed by atoms with Crippen molar-refractivity contribution < 1.29 is 9.53 Å². The summed E-state index contributed by atoms with van der Waals surface area (Å²) in [5.41, 5.74) is 1.94. The van der Waals surface area contributed by atoms with Gasteiger partial charge in [-0.2, -0.15) is 0 Å². The van der Waals surface area contributed by atoms with E-state index in [1.54, 1.807) is 0 Å². The lowest BCUT2D eigenvalue weighted by Crippen LogP contribution is -2.10. The highest BCUT2D eigenvalue weighted by Gasteiger charge is 2.05. The van der Waals surface area contributed by atoms with Crippen LogP contribution in [0.2, 0.25) is 5.02 Å². The molecule has 0 amide bonds. The average Bonchev–Trinajstić information content (AvgIpc) is 2.23. The average molecular weight is 241 g/mol. The molecule has 0 saturated carbocycles. The van der Waals surface area contributed by atoms with Crippen LogP contribution in [0.15, 0.2) is 12.1 Å². The molecule has 1 rings (SSSR count). The fraction of sp³-hybridized carbons (Fsp3) is 0.462. The van der Waals surface area contributed by atoms with E-state index in [1.165, 1.54) is 0 Å². The maximum Gasteiger partial charge on any atom is 0.170 e. The Bertz CT molecular complexity index is 363. The molecule has 0 saturated heterocycles. The summed E-state index contributed by atoms with van der Waals surface area (Å²) in [6.45, 7) is 5.98. The molecule has 0 aliphatic rings. The lowest BCUT2D eigenvalue weighted by molar-refractivity contribution is -0.121. The highest BCUT2D eigenvalue weighted by Crippen LogP contribution is 2.25. The number of benzene rings is 1. The third-order valence-electron chi connectivity index (χ3n) is 2.34. The van der Waals surface area contributed by atoms with Crippen molar-refractivity contribution in [2.24, 2.45) is 0 Å². The molecule has 0 radical (unpaired) electrons. The van der Waals surface area contributed by atoms with Gasteiger partial charge in [0.25, 0.3) is 0 Å². The summed E-state index contributed by atoms with van der Waals surface area (Å²) in [5.74, 6) is 0.844. The normalized spacial score (nSPS) is 10.2. The Kier molecular flexibility index (Phi) is 4.81. The molecular weight excluding hydrogens is 224 g/mol. The number of Topliss-reactive ketones (excluding diaryl/α,β-unsaturated/α-hetero) is 1. The minimum Gasteiger partial charge on any atom is -0.486 e. The first kappa shape index (κ1) is 13.0. The van der Waals surface area contributed by atoms with E-state index in [0.29, 0.717) is 12.2 Å². The number of aryl methyl sites for hydroxylation is 2. The smallest absolute Gasteiger partial charge is 0.170 e. The SMILES string of the molecule is CCCC(=O)COc1cc(C)c(Cl)c(C)c1. The summed E-state index contributed by atoms with van der Waals surface area (Å²) in [5, 5.41) is 0.757. The van der Waals surface area contributed by atoms with Gasteiger partial charge in [0.15, 0.2) is 5.78 Å². The molecule has 88 valence electrons. The van der Waals surface area contributed by atoms with Crippen molar-refractivity contribution in [3.05, 3.63) is 28.3 Å². The molecule has 0 aromatic heterocycles. The number of rotatable bonds is 5. The van der Waals surface area contributed by atoms with Crippen molar-refractivity contribution >= 4 is 17.4 Å². The number of ketones is 1. The zero-order valence-electron chi connectivity index (χ0n) is 9.97. The quantitative estimate of drug-likeness (QED) is 0.784. The van der Waals surface area contributed by atoms with Crippen molar-refractivity contribution in [3.8, 4) is 5.75 Å². The first-order chi connectivity index (χ1) is 7.54. The highest BCUT2D eigenvalue weighted by atomic mass is 35.5. The molecule has 0 atom stereocenters. The number of carbonyl (C=O) groups is 1. The fourth-order valence-corrected chi connectivity index (χ4v) is 1.61. The molecule has 0 bridgehead atoms. The minimum atomic E-state index is 0.132. The van der Waals surface area contributed by atoms with Gasteiger partial charge in [0, 0.05) is 11.4 Å². The van der Waals surface area contributed by atoms with Crippen molar-refractivity contribution in [2.45, 2.75) is 33.6 Å². The summed E-state index contributed by atoms with van der Waals surface area (Å²) in [6, 6.07) is 3.71. The van der Waals surface area contributed by atoms with Crippen LogP contribution < -0.4 is 4.74 Å². The Labute approximate surface area is 102 Å². The molecule has 3 heteroatoms. The monoisotopic (exact) mass is 240 g/mol. The minimum absolute atomic E-state index is 0.132. The topological polar surface area (TPSA) is 26.3 Å². The Morgan fingerprint density at radius 3 is 2.38 bits per heavy atom. The molecule has 0 fully saturated rings. The van der Waals surface area contributed by atoms with Crippen LogP contribution in [-0.4, -0.2) is 12.4 Å². The molecule has 0 spiro atoms. The zero-order valence-corrected chi connectivity index (χ0v) is 10.7. The summed E-state index contributed by atoms with van der Waals surface area (Å²) in [4.78, 5) is 11.3. The summed E-state index contributed by atoms with van der Waals surface area (Å²) in [6.07, 6.45) is 1.44. The van der Waals surface area contributed by atoms with Crippen molar-refractivity contribution in [3.63, 3.8) is 0 Å². The predicted molar refractivity (Wildman–Crippen MR) is 66.3 cm³/mol. The summed E-state index contributed by atoms with van der Waals surface area (Å²) >= 11 is 6.04. The van der Waals surface area contributed by atoms with E-state index in [0.717, 1.165) is 22.6 Å². The van der Waals surface area contributed by atoms with E-state index < -0.39 is 0 Å². The van der Waals surface area contributed by atoms with E-state index in [1.807, 2.05) is 32.9 Å². The van der Waals surface area contributed by atoms with Gasteiger partial charge in [0.1, 0.15) is 12.4 Å². The van der Waals surface area contributed by atoms with E-state index in [2.05, 4.69) is 0 Å². The molecule has 1 aromatic rings. The van der Waals surface area contributed by atoms with E-state index in [-0.39, 0.29) is 12.4 Å². The lowest BCUT2D eigenvalue weighted by Gasteiger charge is -2.09. The number of halogens is 1. The Morgan fingerprint density at radius 2 is 1.88 bits per heavy atom. The van der Waals surface area contributed by atoms with Gasteiger partial charge in [0.2, 0.25) is 0 Å². The molecule has 16 heavy (non-hydrogen) atoms. The third kappa shape index (κ3) is 3.53. The van der Waals surface area contributed by atoms with Gasteiger partial charge in [0.05, 0.1) is 0 Å². The molecular formula is C13H17ClO2. The largest absolute Gasteiger partial charge is 0.486 e. The Morgan fingerprint density at radius 1 is 1.31 bits per heavy atom. The fourth-order valence-electron chi connectivity index (χ4n) is 1.50. The van der Waals surface area contributed by atoms with Gasteiger partial charge in [-0.15, -0.1) is 0 Å². The zero-order chi connectivity index (χ0) is 12.1. The van der Waals surface area contributed by atoms with E-state index >= 15 is 0 Å². The molecule has 1 aromatic carbocycles. The van der Waals surface area contributed by atoms with E-state index in [9.17, 15) is 4.79 Å². The van der Waals surface area contributed by atoms with Crippen LogP contribution in [0.5, 0.6) is 5.75 Å². The summed E-state index contributed by atoms with van der Waals surface area (Å²) in [7, 11) is 0. The third-order valence-corrected chi connectivity index (χ3v) is 2.93. The number of hydrogen-bond acceptors (Lipinski definition) is 2. The van der Waals surface area contributed by atoms with Gasteiger partial charge in [-0.1, -0.05) is 18.5 Å². The molecule has 2 nitrogen and oxygen atoms in total. The second kappa shape index (κ2) is 5.90. The van der Waals surface area contributed by atoms with Crippen molar-refractivity contribution in [1.82, 2.24) is 0 Å². The maximum absolute atomic E-state index is 11.3. The second-order valence-corrected chi connectivity index (χ2v) is 4.33. The van der Waals surface area contributed by atoms with Gasteiger partial charge < -0.3 is 4.74 Å². The molecule has 0 N–H and O–H groups in total. The van der Waals surface area contributed by atoms with E-state index in [4.69, 9.17) is 16.3 Å². The van der Waals surface area contributed by atoms with Crippen molar-refractivity contribution in [2.75, 3.05) is 6.61 Å².